The number of nitrogens with zero attached hydrogens (tertiary/aromatic N) is 1. The highest BCUT2D eigenvalue weighted by Crippen LogP contribution is 2.09. The number of H-pyrrole nitrogens is 1. The second-order valence-corrected chi connectivity index (χ2v) is 5.76. The summed E-state index contributed by atoms with van der Waals surface area (Å²) in [5.41, 5.74) is 1.03. The Balaban J connectivity index is 1.97. The number of sulfonamides is 1. The van der Waals surface area contributed by atoms with Crippen molar-refractivity contribution in [3.8, 4) is 0 Å². The molecule has 0 amide bonds. The van der Waals surface area contributed by atoms with Crippen molar-refractivity contribution in [2.45, 2.75) is 18.2 Å². The van der Waals surface area contributed by atoms with Crippen LogP contribution in [0.1, 0.15) is 11.4 Å². The van der Waals surface area contributed by atoms with E-state index in [-0.39, 0.29) is 4.90 Å². The molecule has 1 aromatic heterocycles. The Morgan fingerprint density at radius 1 is 1.28 bits per heavy atom. The van der Waals surface area contributed by atoms with Crippen LogP contribution in [-0.4, -0.2) is 24.9 Å². The molecule has 2 rings (SSSR count). The van der Waals surface area contributed by atoms with Gasteiger partial charge >= 0.3 is 0 Å². The lowest BCUT2D eigenvalue weighted by atomic mass is 10.2. The summed E-state index contributed by atoms with van der Waals surface area (Å²) < 4.78 is 26.4. The van der Waals surface area contributed by atoms with Gasteiger partial charge in [-0.3, -0.25) is 0 Å². The second-order valence-electron chi connectivity index (χ2n) is 4.00. The fraction of sp³-hybridized carbons (Fsp3) is 0.250. The van der Waals surface area contributed by atoms with E-state index in [1.165, 1.54) is 0 Å². The molecule has 0 unspecified atom stereocenters. The number of rotatable bonds is 5. The van der Waals surface area contributed by atoms with Crippen molar-refractivity contribution in [1.82, 2.24) is 14.7 Å². The molecule has 18 heavy (non-hydrogen) atoms. The van der Waals surface area contributed by atoms with Gasteiger partial charge in [0.25, 0.3) is 0 Å². The van der Waals surface area contributed by atoms with E-state index in [9.17, 15) is 8.42 Å². The molecule has 0 saturated carbocycles. The summed E-state index contributed by atoms with van der Waals surface area (Å²) in [4.78, 5) is 7.24. The van der Waals surface area contributed by atoms with Crippen LogP contribution in [0.15, 0.2) is 41.6 Å². The van der Waals surface area contributed by atoms with Gasteiger partial charge in [0, 0.05) is 25.4 Å². The molecule has 0 aliphatic carbocycles. The number of aryl methyl sites for hydroxylation is 1. The van der Waals surface area contributed by atoms with E-state index in [0.717, 1.165) is 11.4 Å². The monoisotopic (exact) mass is 265 g/mol. The summed E-state index contributed by atoms with van der Waals surface area (Å²) >= 11 is 0. The van der Waals surface area contributed by atoms with Gasteiger partial charge in [-0.05, 0) is 19.1 Å². The van der Waals surface area contributed by atoms with Crippen LogP contribution in [0.5, 0.6) is 0 Å². The molecule has 0 fully saturated rings. The van der Waals surface area contributed by atoms with E-state index >= 15 is 0 Å². The minimum atomic E-state index is -3.42. The third kappa shape index (κ3) is 3.18. The zero-order valence-corrected chi connectivity index (χ0v) is 10.9. The Hall–Kier alpha value is -1.66. The van der Waals surface area contributed by atoms with Gasteiger partial charge in [0.1, 0.15) is 5.82 Å². The van der Waals surface area contributed by atoms with Crippen molar-refractivity contribution in [2.75, 3.05) is 6.54 Å². The Labute approximate surface area is 106 Å². The molecule has 96 valence electrons. The van der Waals surface area contributed by atoms with Crippen molar-refractivity contribution >= 4 is 10.0 Å². The summed E-state index contributed by atoms with van der Waals surface area (Å²) in [5, 5.41) is 0. The van der Waals surface area contributed by atoms with Gasteiger partial charge in [0.2, 0.25) is 10.0 Å². The van der Waals surface area contributed by atoms with Gasteiger partial charge in [-0.2, -0.15) is 0 Å². The van der Waals surface area contributed by atoms with Crippen molar-refractivity contribution in [3.05, 3.63) is 48.0 Å². The Morgan fingerprint density at radius 3 is 2.61 bits per heavy atom. The number of imidazole rings is 1. The maximum atomic E-state index is 11.9. The van der Waals surface area contributed by atoms with Crippen molar-refractivity contribution in [1.29, 1.82) is 0 Å². The fourth-order valence-corrected chi connectivity index (χ4v) is 2.57. The lowest BCUT2D eigenvalue weighted by Gasteiger charge is -2.06. The molecule has 6 heteroatoms. The van der Waals surface area contributed by atoms with Crippen LogP contribution >= 0.6 is 0 Å². The molecule has 0 spiro atoms. The first-order chi connectivity index (χ1) is 8.58. The van der Waals surface area contributed by atoms with E-state index in [1.807, 2.05) is 6.92 Å². The zero-order chi connectivity index (χ0) is 13.0. The third-order valence-electron chi connectivity index (χ3n) is 2.54. The maximum absolute atomic E-state index is 11.9. The minimum absolute atomic E-state index is 0.285. The fourth-order valence-electron chi connectivity index (χ4n) is 1.54. The first-order valence-corrected chi connectivity index (χ1v) is 7.11. The number of hydrogen-bond donors (Lipinski definition) is 2. The lowest BCUT2D eigenvalue weighted by Crippen LogP contribution is -2.26. The van der Waals surface area contributed by atoms with Crippen LogP contribution in [0.3, 0.4) is 0 Å². The highest BCUT2D eigenvalue weighted by molar-refractivity contribution is 7.89. The summed E-state index contributed by atoms with van der Waals surface area (Å²) in [6, 6.07) is 6.76. The molecule has 5 nitrogen and oxygen atoms in total. The lowest BCUT2D eigenvalue weighted by molar-refractivity contribution is 0.581. The predicted molar refractivity (Wildman–Crippen MR) is 68.7 cm³/mol. The quantitative estimate of drug-likeness (QED) is 0.854. The van der Waals surface area contributed by atoms with Gasteiger partial charge in [-0.25, -0.2) is 18.1 Å². The minimum Gasteiger partial charge on any atom is -0.349 e. The molecule has 2 aromatic rings. The van der Waals surface area contributed by atoms with Crippen molar-refractivity contribution in [3.63, 3.8) is 0 Å². The van der Waals surface area contributed by atoms with Gasteiger partial charge < -0.3 is 4.98 Å². The van der Waals surface area contributed by atoms with Crippen LogP contribution < -0.4 is 4.72 Å². The summed E-state index contributed by atoms with van der Waals surface area (Å²) in [6.45, 7) is 2.24. The van der Waals surface area contributed by atoms with Gasteiger partial charge in [-0.15, -0.1) is 0 Å². The average Bonchev–Trinajstić information content (AvgIpc) is 2.82. The SMILES string of the molecule is Cc1ccc(S(=O)(=O)NCCc2ncc[nH]2)cc1. The Bertz CT molecular complexity index is 589. The molecule has 0 bridgehead atoms. The van der Waals surface area contributed by atoms with Crippen molar-refractivity contribution in [2.24, 2.45) is 0 Å². The summed E-state index contributed by atoms with van der Waals surface area (Å²) in [5.74, 6) is 0.765. The molecule has 2 N–H and O–H groups in total. The first-order valence-electron chi connectivity index (χ1n) is 5.62. The van der Waals surface area contributed by atoms with Crippen LogP contribution in [-0.2, 0) is 16.4 Å². The molecular formula is C12H15N3O2S. The highest BCUT2D eigenvalue weighted by atomic mass is 32.2. The predicted octanol–water partition coefficient (Wildman–Crippen LogP) is 1.24. The molecular weight excluding hydrogens is 250 g/mol. The Morgan fingerprint density at radius 2 is 2.00 bits per heavy atom. The normalized spacial score (nSPS) is 11.6. The summed E-state index contributed by atoms with van der Waals surface area (Å²) in [6.07, 6.45) is 3.89. The Kier molecular flexibility index (Phi) is 3.78. The number of benzene rings is 1. The molecule has 0 aliphatic rings. The van der Waals surface area contributed by atoms with Crippen LogP contribution in [0.4, 0.5) is 0 Å². The van der Waals surface area contributed by atoms with Crippen molar-refractivity contribution < 1.29 is 8.42 Å². The number of hydrogen-bond acceptors (Lipinski definition) is 3. The van der Waals surface area contributed by atoms with Gasteiger partial charge in [0.15, 0.2) is 0 Å². The van der Waals surface area contributed by atoms with Gasteiger partial charge in [-0.1, -0.05) is 17.7 Å². The van der Waals surface area contributed by atoms with E-state index in [4.69, 9.17) is 0 Å². The third-order valence-corrected chi connectivity index (χ3v) is 4.02. The maximum Gasteiger partial charge on any atom is 0.240 e. The summed E-state index contributed by atoms with van der Waals surface area (Å²) in [7, 11) is -3.42. The van der Waals surface area contributed by atoms with Crippen LogP contribution in [0.25, 0.3) is 0 Å². The smallest absolute Gasteiger partial charge is 0.240 e. The zero-order valence-electron chi connectivity index (χ0n) is 10.1. The molecule has 1 aromatic carbocycles. The second kappa shape index (κ2) is 5.32. The topological polar surface area (TPSA) is 74.8 Å². The molecule has 0 radical (unpaired) electrons. The number of nitrogens with one attached hydrogen (secondary N) is 2. The highest BCUT2D eigenvalue weighted by Gasteiger charge is 2.12. The first kappa shape index (κ1) is 12.8. The molecule has 0 saturated heterocycles. The molecule has 1 heterocycles. The van der Waals surface area contributed by atoms with E-state index < -0.39 is 10.0 Å². The van der Waals surface area contributed by atoms with E-state index in [2.05, 4.69) is 14.7 Å². The molecule has 0 aliphatic heterocycles. The van der Waals surface area contributed by atoms with Crippen LogP contribution in [0.2, 0.25) is 0 Å². The standard InChI is InChI=1S/C12H15N3O2S/c1-10-2-4-11(5-3-10)18(16,17)15-7-6-12-13-8-9-14-12/h2-5,8-9,15H,6-7H2,1H3,(H,13,14). The van der Waals surface area contributed by atoms with Gasteiger partial charge in [0.05, 0.1) is 4.90 Å². The van der Waals surface area contributed by atoms with Crippen LogP contribution in [0, 0.1) is 6.92 Å². The van der Waals surface area contributed by atoms with E-state index in [1.54, 1.807) is 36.7 Å². The average molecular weight is 265 g/mol. The molecule has 0 atom stereocenters. The largest absolute Gasteiger partial charge is 0.349 e. The number of aromatic amines is 1. The number of aromatic nitrogens is 2. The van der Waals surface area contributed by atoms with E-state index in [0.29, 0.717) is 13.0 Å².